The molecule has 18 nitrogen and oxygen atoms in total. The Hall–Kier alpha value is -3.35. The van der Waals surface area contributed by atoms with Crippen LogP contribution in [0.1, 0.15) is 25.3 Å². The Morgan fingerprint density at radius 2 is 1.26 bits per heavy atom. The van der Waals surface area contributed by atoms with E-state index in [0.29, 0.717) is 22.3 Å². The number of hydrogen-bond acceptors (Lipinski definition) is 15. The van der Waals surface area contributed by atoms with E-state index in [-0.39, 0.29) is 37.7 Å². The Balaban J connectivity index is 1.03. The van der Waals surface area contributed by atoms with Crippen LogP contribution in [0.2, 0.25) is 0 Å². The standard InChI is InChI=1S/C20H25N10O8P/c21-15-13-17(25-5-23-15)29(7-27-13)19-11(31)1-9(37-19)3-35-39(33,34)36-4-10-2-12(32)20(38-10)30-8-28-14-16(22)24-6-26-18(14)30/h5-12,19-20,31-32H,1-4H2,(H,33,34)(H2,21,23,25)(H2,22,24,26)/t9-,10-,11+,12+,19+,20+/m0/s1. The van der Waals surface area contributed by atoms with Crippen molar-refractivity contribution in [2.45, 2.75) is 49.7 Å². The summed E-state index contributed by atoms with van der Waals surface area (Å²) in [6.45, 7) is -0.659. The number of imidazole rings is 2. The van der Waals surface area contributed by atoms with Gasteiger partial charge < -0.3 is 36.0 Å². The SMILES string of the molecule is Nc1ncnc2c1ncn2[C@@H]1O[C@H](COP(=O)(O)OC[C@@H]2C[C@@H](O)[C@H](n3cnc4c(N)ncnc43)O2)C[C@H]1O. The lowest BCUT2D eigenvalue weighted by Gasteiger charge is -2.19. The minimum atomic E-state index is -4.52. The number of aliphatic hydroxyl groups excluding tert-OH is 2. The molecule has 2 saturated heterocycles. The quantitative estimate of drug-likeness (QED) is 0.165. The number of aliphatic hydroxyl groups is 2. The third-order valence-corrected chi connectivity index (χ3v) is 7.45. The third-order valence-electron chi connectivity index (χ3n) is 6.50. The summed E-state index contributed by atoms with van der Waals surface area (Å²) in [5.74, 6) is 0.373. The van der Waals surface area contributed by atoms with Crippen molar-refractivity contribution in [3.63, 3.8) is 0 Å². The van der Waals surface area contributed by atoms with E-state index in [4.69, 9.17) is 30.0 Å². The molecular formula is C20H25N10O8P. The molecule has 6 atom stereocenters. The molecule has 208 valence electrons. The molecule has 0 bridgehead atoms. The number of phosphoric acid groups is 1. The second-order valence-electron chi connectivity index (χ2n) is 9.13. The second kappa shape index (κ2) is 10.00. The van der Waals surface area contributed by atoms with Crippen molar-refractivity contribution in [1.82, 2.24) is 39.0 Å². The van der Waals surface area contributed by atoms with Crippen LogP contribution < -0.4 is 11.5 Å². The molecule has 2 aliphatic rings. The molecule has 0 aromatic carbocycles. The number of phosphoric ester groups is 1. The molecule has 7 N–H and O–H groups in total. The highest BCUT2D eigenvalue weighted by atomic mass is 31.2. The molecule has 6 heterocycles. The number of aromatic nitrogens is 8. The van der Waals surface area contributed by atoms with Crippen molar-refractivity contribution in [3.05, 3.63) is 25.3 Å². The molecule has 0 radical (unpaired) electrons. The first-order valence-corrected chi connectivity index (χ1v) is 13.3. The maximum atomic E-state index is 12.5. The molecule has 4 aromatic rings. The van der Waals surface area contributed by atoms with E-state index in [1.165, 1.54) is 34.4 Å². The zero-order chi connectivity index (χ0) is 27.3. The minimum Gasteiger partial charge on any atom is -0.388 e. The Morgan fingerprint density at radius 1 is 0.821 bits per heavy atom. The third kappa shape index (κ3) is 4.92. The smallest absolute Gasteiger partial charge is 0.388 e. The van der Waals surface area contributed by atoms with Gasteiger partial charge in [-0.25, -0.2) is 34.5 Å². The molecule has 6 rings (SSSR count). The van der Waals surface area contributed by atoms with Gasteiger partial charge in [0.05, 0.1) is 38.1 Å². The number of nitrogens with two attached hydrogens (primary N) is 2. The van der Waals surface area contributed by atoms with Crippen LogP contribution in [0.5, 0.6) is 0 Å². The molecule has 0 saturated carbocycles. The summed E-state index contributed by atoms with van der Waals surface area (Å²) in [6, 6.07) is 0. The fourth-order valence-electron chi connectivity index (χ4n) is 4.68. The maximum Gasteiger partial charge on any atom is 0.472 e. The van der Waals surface area contributed by atoms with Crippen molar-refractivity contribution in [3.8, 4) is 0 Å². The predicted octanol–water partition coefficient (Wildman–Crippen LogP) is -0.739. The van der Waals surface area contributed by atoms with Crippen molar-refractivity contribution >= 4 is 41.8 Å². The highest BCUT2D eigenvalue weighted by Gasteiger charge is 2.40. The van der Waals surface area contributed by atoms with Crippen LogP contribution in [0.3, 0.4) is 0 Å². The van der Waals surface area contributed by atoms with Gasteiger partial charge in [0.25, 0.3) is 0 Å². The molecule has 0 unspecified atom stereocenters. The lowest BCUT2D eigenvalue weighted by atomic mass is 10.2. The van der Waals surface area contributed by atoms with E-state index < -0.39 is 44.7 Å². The van der Waals surface area contributed by atoms with E-state index in [9.17, 15) is 19.7 Å². The molecule has 19 heteroatoms. The Bertz CT molecular complexity index is 1440. The summed E-state index contributed by atoms with van der Waals surface area (Å²) in [5, 5.41) is 21.0. The number of hydrogen-bond donors (Lipinski definition) is 5. The first-order valence-electron chi connectivity index (χ1n) is 11.8. The molecule has 4 aromatic heterocycles. The number of rotatable bonds is 8. The highest BCUT2D eigenvalue weighted by Crippen LogP contribution is 2.45. The van der Waals surface area contributed by atoms with Gasteiger partial charge >= 0.3 is 7.82 Å². The van der Waals surface area contributed by atoms with E-state index in [1.807, 2.05) is 0 Å². The number of nitrogens with zero attached hydrogens (tertiary/aromatic N) is 8. The summed E-state index contributed by atoms with van der Waals surface area (Å²) < 4.78 is 37.4. The summed E-state index contributed by atoms with van der Waals surface area (Å²) in [6.07, 6.45) is 0.552. The Kier molecular flexibility index (Phi) is 6.64. The summed E-state index contributed by atoms with van der Waals surface area (Å²) in [4.78, 5) is 34.5. The topological polar surface area (TPSA) is 254 Å². The molecule has 39 heavy (non-hydrogen) atoms. The number of nitrogen functional groups attached to an aromatic ring is 2. The summed E-state index contributed by atoms with van der Waals surface area (Å²) in [7, 11) is -4.52. The zero-order valence-electron chi connectivity index (χ0n) is 20.2. The van der Waals surface area contributed by atoms with Crippen molar-refractivity contribution in [2.75, 3.05) is 24.7 Å². The number of ether oxygens (including phenoxy) is 2. The first-order chi connectivity index (χ1) is 18.7. The van der Waals surface area contributed by atoms with Gasteiger partial charge in [-0.05, 0) is 0 Å². The fraction of sp³-hybridized carbons (Fsp3) is 0.500. The molecule has 2 fully saturated rings. The fourth-order valence-corrected chi connectivity index (χ4v) is 5.46. The average molecular weight is 564 g/mol. The van der Waals surface area contributed by atoms with Gasteiger partial charge in [0.1, 0.15) is 35.9 Å². The van der Waals surface area contributed by atoms with Crippen LogP contribution in [0.25, 0.3) is 22.3 Å². The maximum absolute atomic E-state index is 12.5. The second-order valence-corrected chi connectivity index (χ2v) is 10.6. The molecule has 2 aliphatic heterocycles. The molecular weight excluding hydrogens is 539 g/mol. The summed E-state index contributed by atoms with van der Waals surface area (Å²) >= 11 is 0. The largest absolute Gasteiger partial charge is 0.472 e. The average Bonchev–Trinajstić information content (AvgIpc) is 3.67. The van der Waals surface area contributed by atoms with Gasteiger partial charge in [-0.3, -0.25) is 18.2 Å². The van der Waals surface area contributed by atoms with Gasteiger partial charge in [0.2, 0.25) is 0 Å². The van der Waals surface area contributed by atoms with Crippen LogP contribution in [0.4, 0.5) is 11.6 Å². The minimum absolute atomic E-state index is 0.122. The van der Waals surface area contributed by atoms with E-state index >= 15 is 0 Å². The van der Waals surface area contributed by atoms with E-state index in [0.717, 1.165) is 0 Å². The molecule has 0 amide bonds. The lowest BCUT2D eigenvalue weighted by molar-refractivity contribution is -0.0564. The summed E-state index contributed by atoms with van der Waals surface area (Å²) in [5.41, 5.74) is 13.1. The van der Waals surface area contributed by atoms with Crippen molar-refractivity contribution in [2.24, 2.45) is 0 Å². The highest BCUT2D eigenvalue weighted by molar-refractivity contribution is 7.47. The molecule has 0 spiro atoms. The zero-order valence-corrected chi connectivity index (χ0v) is 21.1. The Labute approximate surface area is 219 Å². The van der Waals surface area contributed by atoms with Crippen molar-refractivity contribution < 1.29 is 38.2 Å². The molecule has 0 aliphatic carbocycles. The van der Waals surface area contributed by atoms with Crippen LogP contribution in [0, 0.1) is 0 Å². The van der Waals surface area contributed by atoms with Gasteiger partial charge in [0.15, 0.2) is 35.4 Å². The van der Waals surface area contributed by atoms with Crippen LogP contribution in [-0.4, -0.2) is 91.8 Å². The van der Waals surface area contributed by atoms with Gasteiger partial charge in [-0.2, -0.15) is 0 Å². The normalized spacial score (nSPS) is 27.7. The van der Waals surface area contributed by atoms with Gasteiger partial charge in [0, 0.05) is 12.8 Å². The van der Waals surface area contributed by atoms with Gasteiger partial charge in [-0.1, -0.05) is 0 Å². The number of fused-ring (bicyclic) bond motifs is 2. The van der Waals surface area contributed by atoms with E-state index in [2.05, 4.69) is 29.9 Å². The first kappa shape index (κ1) is 25.9. The van der Waals surface area contributed by atoms with Crippen LogP contribution in [-0.2, 0) is 23.1 Å². The Morgan fingerprint density at radius 3 is 1.69 bits per heavy atom. The number of anilines is 2. The van der Waals surface area contributed by atoms with Crippen molar-refractivity contribution in [1.29, 1.82) is 0 Å². The lowest BCUT2D eigenvalue weighted by Crippen LogP contribution is -2.20. The van der Waals surface area contributed by atoms with Gasteiger partial charge in [-0.15, -0.1) is 0 Å². The van der Waals surface area contributed by atoms with Crippen LogP contribution in [0.15, 0.2) is 25.3 Å². The monoisotopic (exact) mass is 564 g/mol. The van der Waals surface area contributed by atoms with E-state index in [1.54, 1.807) is 0 Å². The predicted molar refractivity (Wildman–Crippen MR) is 130 cm³/mol. The van der Waals surface area contributed by atoms with Crippen LogP contribution >= 0.6 is 7.82 Å².